The average molecular weight is 399 g/mol. The molecule has 0 saturated carbocycles. The Morgan fingerprint density at radius 2 is 1.85 bits per heavy atom. The van der Waals surface area contributed by atoms with Gasteiger partial charge in [0.15, 0.2) is 5.72 Å². The first-order chi connectivity index (χ1) is 12.7. The lowest BCUT2D eigenvalue weighted by Gasteiger charge is -2.31. The van der Waals surface area contributed by atoms with Gasteiger partial charge in [-0.05, 0) is 24.3 Å². The highest BCUT2D eigenvalue weighted by Crippen LogP contribution is 2.41. The van der Waals surface area contributed by atoms with E-state index in [1.807, 2.05) is 0 Å². The fraction of sp³-hybridized carbons (Fsp3) is 0.222. The number of nitrogens with zero attached hydrogens (tertiary/aromatic N) is 2. The third kappa shape index (κ3) is 3.50. The van der Waals surface area contributed by atoms with Gasteiger partial charge in [0, 0.05) is 10.6 Å². The Kier molecular flexibility index (Phi) is 4.88. The van der Waals surface area contributed by atoms with Crippen LogP contribution in [0.15, 0.2) is 53.6 Å². The average Bonchev–Trinajstić information content (AvgIpc) is 3.00. The molecule has 27 heavy (non-hydrogen) atoms. The fourth-order valence-electron chi connectivity index (χ4n) is 2.79. The highest BCUT2D eigenvalue weighted by molar-refractivity contribution is 6.30. The van der Waals surface area contributed by atoms with E-state index < -0.39 is 29.9 Å². The normalized spacial score (nSPS) is 19.8. The highest BCUT2D eigenvalue weighted by Gasteiger charge is 2.53. The molecule has 5 nitrogen and oxygen atoms in total. The molecule has 0 radical (unpaired) electrons. The van der Waals surface area contributed by atoms with E-state index in [1.165, 1.54) is 49.6 Å². The first-order valence-corrected chi connectivity index (χ1v) is 8.15. The third-order valence-corrected chi connectivity index (χ3v) is 4.40. The lowest BCUT2D eigenvalue weighted by molar-refractivity contribution is -0.0816. The molecule has 1 N–H and O–H groups in total. The summed E-state index contributed by atoms with van der Waals surface area (Å²) in [5.41, 5.74) is -3.55. The van der Waals surface area contributed by atoms with E-state index in [2.05, 4.69) is 5.10 Å². The lowest BCUT2D eigenvalue weighted by atomic mass is 9.96. The van der Waals surface area contributed by atoms with Gasteiger partial charge in [-0.15, -0.1) is 0 Å². The summed E-state index contributed by atoms with van der Waals surface area (Å²) in [7, 11) is 1.33. The highest BCUT2D eigenvalue weighted by atomic mass is 35.5. The van der Waals surface area contributed by atoms with Crippen molar-refractivity contribution in [2.24, 2.45) is 5.10 Å². The van der Waals surface area contributed by atoms with Gasteiger partial charge in [0.25, 0.3) is 5.91 Å². The summed E-state index contributed by atoms with van der Waals surface area (Å²) in [5, 5.41) is 15.2. The molecule has 0 unspecified atom stereocenters. The number of para-hydroxylation sites is 1. The minimum Gasteiger partial charge on any atom is -0.496 e. The Balaban J connectivity index is 2.11. The van der Waals surface area contributed by atoms with Crippen LogP contribution < -0.4 is 4.74 Å². The molecule has 9 heteroatoms. The number of benzene rings is 2. The molecule has 1 aliphatic rings. The molecule has 0 aromatic heterocycles. The number of methoxy groups -OCH3 is 1. The van der Waals surface area contributed by atoms with E-state index >= 15 is 0 Å². The SMILES string of the molecule is COc1ccccc1C(=O)N1N=C(C(F)(F)F)C[C@@]1(O)c1ccc(Cl)cc1. The second kappa shape index (κ2) is 6.86. The number of halogens is 4. The van der Waals surface area contributed by atoms with Gasteiger partial charge in [-0.3, -0.25) is 4.79 Å². The fourth-order valence-corrected chi connectivity index (χ4v) is 2.92. The molecular formula is C18H14ClF3N2O3. The van der Waals surface area contributed by atoms with Crippen molar-refractivity contribution >= 4 is 23.2 Å². The summed E-state index contributed by atoms with van der Waals surface area (Å²) in [5.74, 6) is -0.777. The van der Waals surface area contributed by atoms with Crippen molar-refractivity contribution < 1.29 is 27.8 Å². The minimum atomic E-state index is -4.80. The van der Waals surface area contributed by atoms with Crippen LogP contribution in [-0.2, 0) is 5.72 Å². The van der Waals surface area contributed by atoms with Crippen LogP contribution in [0.4, 0.5) is 13.2 Å². The predicted molar refractivity (Wildman–Crippen MR) is 92.6 cm³/mol. The van der Waals surface area contributed by atoms with Gasteiger partial charge in [-0.1, -0.05) is 35.9 Å². The van der Waals surface area contributed by atoms with E-state index in [4.69, 9.17) is 16.3 Å². The molecule has 1 amide bonds. The molecule has 1 aliphatic heterocycles. The quantitative estimate of drug-likeness (QED) is 0.851. The van der Waals surface area contributed by atoms with E-state index in [9.17, 15) is 23.1 Å². The molecule has 2 aromatic rings. The minimum absolute atomic E-state index is 0.0282. The van der Waals surface area contributed by atoms with Gasteiger partial charge in [-0.25, -0.2) is 0 Å². The first-order valence-electron chi connectivity index (χ1n) is 7.77. The zero-order valence-electron chi connectivity index (χ0n) is 14.0. The van der Waals surface area contributed by atoms with Crippen molar-refractivity contribution in [2.75, 3.05) is 7.11 Å². The summed E-state index contributed by atoms with van der Waals surface area (Å²) in [6.45, 7) is 0. The van der Waals surface area contributed by atoms with E-state index in [0.29, 0.717) is 10.0 Å². The van der Waals surface area contributed by atoms with Gasteiger partial charge < -0.3 is 9.84 Å². The number of ether oxygens (including phenoxy) is 1. The third-order valence-electron chi connectivity index (χ3n) is 4.15. The smallest absolute Gasteiger partial charge is 0.431 e. The number of carbonyl (C=O) groups excluding carboxylic acids is 1. The summed E-state index contributed by atoms with van der Waals surface area (Å²) in [6.07, 6.45) is -5.70. The topological polar surface area (TPSA) is 62.1 Å². The van der Waals surface area contributed by atoms with Gasteiger partial charge >= 0.3 is 6.18 Å². The van der Waals surface area contributed by atoms with Crippen LogP contribution in [0.5, 0.6) is 5.75 Å². The maximum absolute atomic E-state index is 13.2. The maximum Gasteiger partial charge on any atom is 0.431 e. The molecule has 1 heterocycles. The van der Waals surface area contributed by atoms with Crippen molar-refractivity contribution in [1.29, 1.82) is 0 Å². The Morgan fingerprint density at radius 3 is 2.44 bits per heavy atom. The molecule has 142 valence electrons. The van der Waals surface area contributed by atoms with E-state index in [-0.39, 0.29) is 16.9 Å². The Morgan fingerprint density at radius 1 is 1.22 bits per heavy atom. The van der Waals surface area contributed by atoms with Crippen LogP contribution in [0.1, 0.15) is 22.3 Å². The second-order valence-electron chi connectivity index (χ2n) is 5.86. The summed E-state index contributed by atoms with van der Waals surface area (Å²) >= 11 is 5.81. The van der Waals surface area contributed by atoms with Gasteiger partial charge in [0.2, 0.25) is 0 Å². The zero-order valence-corrected chi connectivity index (χ0v) is 14.8. The Hall–Kier alpha value is -2.58. The number of carbonyl (C=O) groups is 1. The molecule has 0 fully saturated rings. The number of aliphatic hydroxyl groups is 1. The molecule has 3 rings (SSSR count). The summed E-state index contributed by atoms with van der Waals surface area (Å²) in [6, 6.07) is 11.5. The van der Waals surface area contributed by atoms with Crippen molar-refractivity contribution in [1.82, 2.24) is 5.01 Å². The zero-order chi connectivity index (χ0) is 19.8. The first kappa shape index (κ1) is 19.2. The van der Waals surface area contributed by atoms with Crippen molar-refractivity contribution in [2.45, 2.75) is 18.3 Å². The molecule has 0 bridgehead atoms. The van der Waals surface area contributed by atoms with E-state index in [1.54, 1.807) is 6.07 Å². The number of rotatable bonds is 3. The van der Waals surface area contributed by atoms with Gasteiger partial charge in [0.1, 0.15) is 11.5 Å². The standard InChI is InChI=1S/C18H14ClF3N2O3/c1-27-14-5-3-2-4-13(14)16(25)24-17(26,10-15(23-24)18(20,21)22)11-6-8-12(19)9-7-11/h2-9,26H,10H2,1H3/t17-/m1/s1. The summed E-state index contributed by atoms with van der Waals surface area (Å²) in [4.78, 5) is 12.9. The Labute approximate surface area is 157 Å². The number of hydrazone groups is 1. The maximum atomic E-state index is 13.2. The van der Waals surface area contributed by atoms with Crippen LogP contribution >= 0.6 is 11.6 Å². The number of hydrogen-bond acceptors (Lipinski definition) is 4. The van der Waals surface area contributed by atoms with Gasteiger partial charge in [0.05, 0.1) is 19.1 Å². The van der Waals surface area contributed by atoms with Crippen LogP contribution in [0, 0.1) is 0 Å². The summed E-state index contributed by atoms with van der Waals surface area (Å²) < 4.78 is 44.8. The van der Waals surface area contributed by atoms with Gasteiger partial charge in [-0.2, -0.15) is 23.3 Å². The van der Waals surface area contributed by atoms with E-state index in [0.717, 1.165) is 0 Å². The lowest BCUT2D eigenvalue weighted by Crippen LogP contribution is -2.43. The molecule has 0 saturated heterocycles. The second-order valence-corrected chi connectivity index (χ2v) is 6.30. The molecular weight excluding hydrogens is 385 g/mol. The van der Waals surface area contributed by atoms with Crippen LogP contribution in [0.3, 0.4) is 0 Å². The molecule has 0 aliphatic carbocycles. The largest absolute Gasteiger partial charge is 0.496 e. The van der Waals surface area contributed by atoms with Crippen molar-refractivity contribution in [3.05, 3.63) is 64.7 Å². The number of hydrogen-bond donors (Lipinski definition) is 1. The number of alkyl halides is 3. The number of amides is 1. The van der Waals surface area contributed by atoms with Crippen LogP contribution in [0.2, 0.25) is 5.02 Å². The van der Waals surface area contributed by atoms with Crippen molar-refractivity contribution in [3.8, 4) is 5.75 Å². The van der Waals surface area contributed by atoms with Crippen molar-refractivity contribution in [3.63, 3.8) is 0 Å². The molecule has 0 spiro atoms. The Bertz CT molecular complexity index is 899. The molecule has 1 atom stereocenters. The van der Waals surface area contributed by atoms with Crippen LogP contribution in [-0.4, -0.2) is 35.0 Å². The van der Waals surface area contributed by atoms with Crippen LogP contribution in [0.25, 0.3) is 0 Å². The monoisotopic (exact) mass is 398 g/mol. The molecule has 2 aromatic carbocycles. The predicted octanol–water partition coefficient (Wildman–Crippen LogP) is 3.96.